The molecule has 2 aliphatic heterocycles. The van der Waals surface area contributed by atoms with Crippen LogP contribution in [-0.2, 0) is 9.59 Å². The van der Waals surface area contributed by atoms with Gasteiger partial charge in [0.25, 0.3) is 5.56 Å². The van der Waals surface area contributed by atoms with Crippen LogP contribution < -0.4 is 5.56 Å². The molecule has 164 valence electrons. The number of likely N-dealkylation sites (tertiary alicyclic amines) is 2. The van der Waals surface area contributed by atoms with E-state index in [1.54, 1.807) is 6.07 Å². The Morgan fingerprint density at radius 2 is 1.80 bits per heavy atom. The number of piperidine rings is 2. The quantitative estimate of drug-likeness (QED) is 0.820. The van der Waals surface area contributed by atoms with Crippen molar-refractivity contribution in [1.82, 2.24) is 19.8 Å². The van der Waals surface area contributed by atoms with Crippen LogP contribution in [0.25, 0.3) is 0 Å². The molecular formula is C23H34N4O3. The van der Waals surface area contributed by atoms with Gasteiger partial charge in [-0.15, -0.1) is 0 Å². The van der Waals surface area contributed by atoms with Gasteiger partial charge in [0.1, 0.15) is 5.82 Å². The zero-order valence-electron chi connectivity index (χ0n) is 18.4. The maximum absolute atomic E-state index is 12.7. The fourth-order valence-electron chi connectivity index (χ4n) is 4.96. The van der Waals surface area contributed by atoms with Gasteiger partial charge in [0, 0.05) is 55.9 Å². The van der Waals surface area contributed by atoms with E-state index in [1.165, 1.54) is 0 Å². The fraction of sp³-hybridized carbons (Fsp3) is 0.739. The number of aromatic nitrogens is 2. The van der Waals surface area contributed by atoms with Gasteiger partial charge < -0.3 is 14.8 Å². The lowest BCUT2D eigenvalue weighted by molar-refractivity contribution is -0.135. The van der Waals surface area contributed by atoms with Crippen LogP contribution in [0.5, 0.6) is 0 Å². The van der Waals surface area contributed by atoms with Crippen molar-refractivity contribution in [2.24, 2.45) is 17.8 Å². The standard InChI is InChI=1S/C23H34N4O3/c1-14(2)22(29)26-9-6-16(7-10-26)21-24-19(12-20(28)25-21)17-5-4-8-27(13-17)23(30)18-11-15(18)3/h12,14-18H,4-11,13H2,1-3H3,(H,24,25,28)/t15-,17+,18-/m0/s1. The first kappa shape index (κ1) is 21.1. The average molecular weight is 415 g/mol. The number of carbonyl (C=O) groups is 2. The van der Waals surface area contributed by atoms with E-state index in [1.807, 2.05) is 23.6 Å². The number of hydrogen-bond acceptors (Lipinski definition) is 4. The summed E-state index contributed by atoms with van der Waals surface area (Å²) < 4.78 is 0. The van der Waals surface area contributed by atoms with Crippen LogP contribution in [0.2, 0.25) is 0 Å². The summed E-state index contributed by atoms with van der Waals surface area (Å²) in [5, 5.41) is 0. The molecule has 7 heteroatoms. The largest absolute Gasteiger partial charge is 0.342 e. The Morgan fingerprint density at radius 1 is 1.10 bits per heavy atom. The number of amides is 2. The second kappa shape index (κ2) is 8.52. The Hall–Kier alpha value is -2.18. The Bertz CT molecular complexity index is 856. The monoisotopic (exact) mass is 414 g/mol. The maximum atomic E-state index is 12.7. The number of nitrogens with one attached hydrogen (secondary N) is 1. The molecule has 2 amide bonds. The summed E-state index contributed by atoms with van der Waals surface area (Å²) in [6.45, 7) is 8.89. The normalized spacial score (nSPS) is 27.4. The van der Waals surface area contributed by atoms with Crippen molar-refractivity contribution in [3.8, 4) is 0 Å². The van der Waals surface area contributed by atoms with Crippen molar-refractivity contribution < 1.29 is 9.59 Å². The van der Waals surface area contributed by atoms with Crippen molar-refractivity contribution in [1.29, 1.82) is 0 Å². The molecule has 1 aromatic heterocycles. The molecule has 0 aromatic carbocycles. The van der Waals surface area contributed by atoms with Crippen LogP contribution in [0.4, 0.5) is 0 Å². The van der Waals surface area contributed by atoms with E-state index in [-0.39, 0.29) is 41.0 Å². The number of aromatic amines is 1. The number of carbonyl (C=O) groups excluding carboxylic acids is 2. The Kier molecular flexibility index (Phi) is 5.98. The summed E-state index contributed by atoms with van der Waals surface area (Å²) >= 11 is 0. The van der Waals surface area contributed by atoms with Crippen molar-refractivity contribution in [2.45, 2.75) is 64.7 Å². The minimum atomic E-state index is -0.116. The van der Waals surface area contributed by atoms with Crippen LogP contribution in [0.1, 0.15) is 76.2 Å². The third kappa shape index (κ3) is 4.44. The van der Waals surface area contributed by atoms with Crippen LogP contribution in [0.3, 0.4) is 0 Å². The summed E-state index contributed by atoms with van der Waals surface area (Å²) in [5.41, 5.74) is 0.700. The van der Waals surface area contributed by atoms with E-state index in [4.69, 9.17) is 4.98 Å². The number of H-pyrrole nitrogens is 1. The summed E-state index contributed by atoms with van der Waals surface area (Å²) in [6.07, 6.45) is 4.56. The summed E-state index contributed by atoms with van der Waals surface area (Å²) in [4.78, 5) is 49.0. The Balaban J connectivity index is 1.44. The van der Waals surface area contributed by atoms with E-state index in [9.17, 15) is 14.4 Å². The number of nitrogens with zero attached hydrogens (tertiary/aromatic N) is 3. The highest BCUT2D eigenvalue weighted by Gasteiger charge is 2.42. The van der Waals surface area contributed by atoms with Gasteiger partial charge in [-0.2, -0.15) is 0 Å². The van der Waals surface area contributed by atoms with Crippen molar-refractivity contribution >= 4 is 11.8 Å². The molecule has 0 bridgehead atoms. The molecule has 3 fully saturated rings. The van der Waals surface area contributed by atoms with E-state index in [0.29, 0.717) is 25.6 Å². The van der Waals surface area contributed by atoms with Crippen molar-refractivity contribution in [2.75, 3.05) is 26.2 Å². The first-order valence-corrected chi connectivity index (χ1v) is 11.5. The Morgan fingerprint density at radius 3 is 2.43 bits per heavy atom. The molecule has 1 N–H and O–H groups in total. The topological polar surface area (TPSA) is 86.4 Å². The molecule has 1 aromatic rings. The summed E-state index contributed by atoms with van der Waals surface area (Å²) in [6, 6.07) is 1.61. The van der Waals surface area contributed by atoms with Gasteiger partial charge >= 0.3 is 0 Å². The van der Waals surface area contributed by atoms with Gasteiger partial charge in [0.2, 0.25) is 11.8 Å². The molecule has 1 aliphatic carbocycles. The molecule has 7 nitrogen and oxygen atoms in total. The SMILES string of the molecule is CC(C)C(=O)N1CCC(c2nc([C@@H]3CCCN(C(=O)[C@H]4C[C@@H]4C)C3)cc(=O)[nH]2)CC1. The van der Waals surface area contributed by atoms with E-state index >= 15 is 0 Å². The molecule has 4 rings (SSSR count). The van der Waals surface area contributed by atoms with Gasteiger partial charge in [-0.3, -0.25) is 14.4 Å². The molecule has 0 unspecified atom stereocenters. The highest BCUT2D eigenvalue weighted by Crippen LogP contribution is 2.40. The lowest BCUT2D eigenvalue weighted by atomic mass is 9.92. The first-order chi connectivity index (χ1) is 14.3. The maximum Gasteiger partial charge on any atom is 0.251 e. The van der Waals surface area contributed by atoms with E-state index in [0.717, 1.165) is 50.2 Å². The van der Waals surface area contributed by atoms with E-state index < -0.39 is 0 Å². The zero-order chi connectivity index (χ0) is 21.4. The highest BCUT2D eigenvalue weighted by atomic mass is 16.2. The average Bonchev–Trinajstić information content (AvgIpc) is 3.49. The molecule has 1 saturated carbocycles. The minimum absolute atomic E-state index is 0.0124. The summed E-state index contributed by atoms with van der Waals surface area (Å²) in [7, 11) is 0. The predicted molar refractivity (Wildman–Crippen MR) is 114 cm³/mol. The van der Waals surface area contributed by atoms with Crippen molar-refractivity contribution in [3.63, 3.8) is 0 Å². The third-order valence-electron chi connectivity index (χ3n) is 7.05. The number of hydrogen-bond donors (Lipinski definition) is 1. The van der Waals surface area contributed by atoms with Crippen LogP contribution in [0.15, 0.2) is 10.9 Å². The van der Waals surface area contributed by atoms with E-state index in [2.05, 4.69) is 11.9 Å². The van der Waals surface area contributed by atoms with Gasteiger partial charge in [-0.05, 0) is 38.0 Å². The predicted octanol–water partition coefficient (Wildman–Crippen LogP) is 2.49. The molecule has 30 heavy (non-hydrogen) atoms. The van der Waals surface area contributed by atoms with Crippen molar-refractivity contribution in [3.05, 3.63) is 27.9 Å². The Labute approximate surface area is 178 Å². The molecule has 2 saturated heterocycles. The highest BCUT2D eigenvalue weighted by molar-refractivity contribution is 5.81. The van der Waals surface area contributed by atoms with Gasteiger partial charge in [0.05, 0.1) is 5.69 Å². The lowest BCUT2D eigenvalue weighted by Gasteiger charge is -2.34. The molecular weight excluding hydrogens is 380 g/mol. The molecule has 0 radical (unpaired) electrons. The zero-order valence-corrected chi connectivity index (χ0v) is 18.4. The molecule has 3 atom stereocenters. The van der Waals surface area contributed by atoms with Gasteiger partial charge in [-0.25, -0.2) is 4.98 Å². The van der Waals surface area contributed by atoms with Crippen LogP contribution >= 0.6 is 0 Å². The smallest absolute Gasteiger partial charge is 0.251 e. The van der Waals surface area contributed by atoms with Gasteiger partial charge in [-0.1, -0.05) is 20.8 Å². The number of rotatable bonds is 4. The molecule has 3 aliphatic rings. The second-order valence-electron chi connectivity index (χ2n) is 9.75. The summed E-state index contributed by atoms with van der Waals surface area (Å²) in [5.74, 6) is 2.23. The molecule has 3 heterocycles. The van der Waals surface area contributed by atoms with Crippen LogP contribution in [0, 0.1) is 17.8 Å². The van der Waals surface area contributed by atoms with Crippen LogP contribution in [-0.4, -0.2) is 57.8 Å². The minimum Gasteiger partial charge on any atom is -0.342 e. The molecule has 0 spiro atoms. The lowest BCUT2D eigenvalue weighted by Crippen LogP contribution is -2.41. The van der Waals surface area contributed by atoms with Gasteiger partial charge in [0.15, 0.2) is 0 Å². The second-order valence-corrected chi connectivity index (χ2v) is 9.75. The third-order valence-corrected chi connectivity index (χ3v) is 7.05. The fourth-order valence-corrected chi connectivity index (χ4v) is 4.96. The first-order valence-electron chi connectivity index (χ1n) is 11.5.